The van der Waals surface area contributed by atoms with Gasteiger partial charge in [0, 0.05) is 6.07 Å². The molecule has 0 aliphatic rings. The van der Waals surface area contributed by atoms with Crippen LogP contribution in [0.1, 0.15) is 6.92 Å². The molecule has 0 spiro atoms. The van der Waals surface area contributed by atoms with Crippen molar-refractivity contribution in [2.45, 2.75) is 13.0 Å². The van der Waals surface area contributed by atoms with Gasteiger partial charge in [-0.05, 0) is 19.1 Å². The first kappa shape index (κ1) is 10.3. The van der Waals surface area contributed by atoms with E-state index in [0.29, 0.717) is 5.88 Å². The minimum absolute atomic E-state index is 0.216. The molecule has 1 unspecified atom stereocenters. The molecule has 0 aliphatic heterocycles. The number of alkyl halides is 1. The molecule has 0 heterocycles. The summed E-state index contributed by atoms with van der Waals surface area (Å²) in [4.78, 5) is 0. The monoisotopic (exact) mass is 206 g/mol. The van der Waals surface area contributed by atoms with Crippen LogP contribution >= 0.6 is 11.6 Å². The van der Waals surface area contributed by atoms with E-state index in [1.807, 2.05) is 0 Å². The zero-order valence-corrected chi connectivity index (χ0v) is 7.81. The third-order valence-corrected chi connectivity index (χ3v) is 1.88. The molecule has 0 aromatic heterocycles. The molecule has 0 radical (unpaired) electrons. The molecule has 0 bridgehead atoms. The third-order valence-electron chi connectivity index (χ3n) is 1.45. The van der Waals surface area contributed by atoms with Crippen molar-refractivity contribution in [2.24, 2.45) is 0 Å². The Hall–Kier alpha value is -0.830. The van der Waals surface area contributed by atoms with Gasteiger partial charge in [-0.1, -0.05) is 0 Å². The van der Waals surface area contributed by atoms with Crippen molar-refractivity contribution < 1.29 is 13.5 Å². The van der Waals surface area contributed by atoms with Gasteiger partial charge in [-0.3, -0.25) is 0 Å². The minimum Gasteiger partial charge on any atom is -0.489 e. The molecule has 1 atom stereocenters. The molecular weight excluding hydrogens is 198 g/mol. The minimum atomic E-state index is -0.917. The van der Waals surface area contributed by atoms with E-state index in [1.165, 1.54) is 6.07 Å². The van der Waals surface area contributed by atoms with Crippen LogP contribution in [-0.2, 0) is 0 Å². The van der Waals surface area contributed by atoms with Gasteiger partial charge in [-0.2, -0.15) is 0 Å². The first-order valence-electron chi connectivity index (χ1n) is 3.81. The smallest absolute Gasteiger partial charge is 0.162 e. The lowest BCUT2D eigenvalue weighted by molar-refractivity contribution is 0.244. The summed E-state index contributed by atoms with van der Waals surface area (Å²) >= 11 is 5.48. The van der Waals surface area contributed by atoms with Gasteiger partial charge >= 0.3 is 0 Å². The first-order valence-corrected chi connectivity index (χ1v) is 4.34. The molecule has 13 heavy (non-hydrogen) atoms. The topological polar surface area (TPSA) is 9.23 Å². The third kappa shape index (κ3) is 2.84. The molecule has 1 aromatic rings. The lowest BCUT2D eigenvalue weighted by Crippen LogP contribution is -2.13. The zero-order chi connectivity index (χ0) is 9.84. The molecule has 1 aromatic carbocycles. The summed E-state index contributed by atoms with van der Waals surface area (Å²) < 4.78 is 30.3. The summed E-state index contributed by atoms with van der Waals surface area (Å²) in [6.07, 6.45) is -0.216. The number of benzene rings is 1. The summed E-state index contributed by atoms with van der Waals surface area (Å²) in [6.45, 7) is 1.74. The van der Waals surface area contributed by atoms with Crippen molar-refractivity contribution in [2.75, 3.05) is 5.88 Å². The largest absolute Gasteiger partial charge is 0.489 e. The van der Waals surface area contributed by atoms with E-state index in [4.69, 9.17) is 16.3 Å². The average Bonchev–Trinajstić information content (AvgIpc) is 2.11. The predicted octanol–water partition coefficient (Wildman–Crippen LogP) is 2.97. The Morgan fingerprint density at radius 1 is 1.38 bits per heavy atom. The van der Waals surface area contributed by atoms with Crippen LogP contribution in [0.4, 0.5) is 8.78 Å². The van der Waals surface area contributed by atoms with Crippen molar-refractivity contribution in [1.82, 2.24) is 0 Å². The van der Waals surface area contributed by atoms with Gasteiger partial charge in [0.15, 0.2) is 11.6 Å². The van der Waals surface area contributed by atoms with Crippen LogP contribution in [0, 0.1) is 11.6 Å². The standard InChI is InChI=1S/C9H9ClF2O/c1-6(5-10)13-7-2-3-8(11)9(12)4-7/h2-4,6H,5H2,1H3. The molecule has 0 aliphatic carbocycles. The summed E-state index contributed by atoms with van der Waals surface area (Å²) in [7, 11) is 0. The van der Waals surface area contributed by atoms with Crippen molar-refractivity contribution >= 4 is 11.6 Å². The van der Waals surface area contributed by atoms with E-state index in [-0.39, 0.29) is 11.9 Å². The molecular formula is C9H9ClF2O. The Balaban J connectivity index is 2.73. The molecule has 0 N–H and O–H groups in total. The highest BCUT2D eigenvalue weighted by Gasteiger charge is 2.05. The summed E-state index contributed by atoms with van der Waals surface area (Å²) in [5, 5.41) is 0. The fraction of sp³-hybridized carbons (Fsp3) is 0.333. The normalized spacial score (nSPS) is 12.6. The maximum atomic E-state index is 12.6. The van der Waals surface area contributed by atoms with Crippen LogP contribution in [0.15, 0.2) is 18.2 Å². The average molecular weight is 207 g/mol. The van der Waals surface area contributed by atoms with Gasteiger partial charge in [-0.15, -0.1) is 11.6 Å². The molecule has 1 rings (SSSR count). The molecule has 0 saturated carbocycles. The number of rotatable bonds is 3. The first-order chi connectivity index (χ1) is 6.13. The Morgan fingerprint density at radius 3 is 2.62 bits per heavy atom. The number of hydrogen-bond acceptors (Lipinski definition) is 1. The van der Waals surface area contributed by atoms with Crippen LogP contribution in [0.5, 0.6) is 5.75 Å². The summed E-state index contributed by atoms with van der Waals surface area (Å²) in [5.74, 6) is -1.21. The fourth-order valence-electron chi connectivity index (χ4n) is 0.814. The quantitative estimate of drug-likeness (QED) is 0.691. The van der Waals surface area contributed by atoms with Gasteiger partial charge in [-0.25, -0.2) is 8.78 Å². The van der Waals surface area contributed by atoms with Crippen molar-refractivity contribution in [1.29, 1.82) is 0 Å². The van der Waals surface area contributed by atoms with Crippen LogP contribution in [0.25, 0.3) is 0 Å². The van der Waals surface area contributed by atoms with Gasteiger partial charge < -0.3 is 4.74 Å². The SMILES string of the molecule is CC(CCl)Oc1ccc(F)c(F)c1. The van der Waals surface area contributed by atoms with Gasteiger partial charge in [0.2, 0.25) is 0 Å². The van der Waals surface area contributed by atoms with Crippen LogP contribution in [0.3, 0.4) is 0 Å². The van der Waals surface area contributed by atoms with E-state index >= 15 is 0 Å². The fourth-order valence-corrected chi connectivity index (χ4v) is 0.877. The second kappa shape index (κ2) is 4.42. The predicted molar refractivity (Wildman–Crippen MR) is 47.2 cm³/mol. The highest BCUT2D eigenvalue weighted by molar-refractivity contribution is 6.18. The maximum Gasteiger partial charge on any atom is 0.162 e. The summed E-state index contributed by atoms with van der Waals surface area (Å²) in [6, 6.07) is 3.38. The Labute approximate surface area is 80.3 Å². The highest BCUT2D eigenvalue weighted by atomic mass is 35.5. The molecule has 0 amide bonds. The number of halogens is 3. The van der Waals surface area contributed by atoms with E-state index < -0.39 is 11.6 Å². The molecule has 0 saturated heterocycles. The van der Waals surface area contributed by atoms with Crippen LogP contribution < -0.4 is 4.74 Å². The Kier molecular flexibility index (Phi) is 3.48. The van der Waals surface area contributed by atoms with Crippen molar-refractivity contribution in [3.63, 3.8) is 0 Å². The van der Waals surface area contributed by atoms with Crippen molar-refractivity contribution in [3.8, 4) is 5.75 Å². The van der Waals surface area contributed by atoms with E-state index in [1.54, 1.807) is 6.92 Å². The summed E-state index contributed by atoms with van der Waals surface area (Å²) in [5.41, 5.74) is 0. The van der Waals surface area contributed by atoms with Gasteiger partial charge in [0.05, 0.1) is 5.88 Å². The second-order valence-corrected chi connectivity index (χ2v) is 2.97. The van der Waals surface area contributed by atoms with Gasteiger partial charge in [0.1, 0.15) is 11.9 Å². The zero-order valence-electron chi connectivity index (χ0n) is 7.06. The maximum absolute atomic E-state index is 12.6. The second-order valence-electron chi connectivity index (χ2n) is 2.66. The Bertz CT molecular complexity index is 291. The van der Waals surface area contributed by atoms with Crippen molar-refractivity contribution in [3.05, 3.63) is 29.8 Å². The molecule has 1 nitrogen and oxygen atoms in total. The van der Waals surface area contributed by atoms with Gasteiger partial charge in [0.25, 0.3) is 0 Å². The Morgan fingerprint density at radius 2 is 2.08 bits per heavy atom. The number of ether oxygens (including phenoxy) is 1. The van der Waals surface area contributed by atoms with Crippen LogP contribution in [0.2, 0.25) is 0 Å². The number of hydrogen-bond donors (Lipinski definition) is 0. The lowest BCUT2D eigenvalue weighted by atomic mass is 10.3. The molecule has 0 fully saturated rings. The molecule has 4 heteroatoms. The lowest BCUT2D eigenvalue weighted by Gasteiger charge is -2.11. The van der Waals surface area contributed by atoms with Crippen LogP contribution in [-0.4, -0.2) is 12.0 Å². The molecule has 72 valence electrons. The van der Waals surface area contributed by atoms with E-state index in [0.717, 1.165) is 12.1 Å². The van der Waals surface area contributed by atoms with E-state index in [9.17, 15) is 8.78 Å². The highest BCUT2D eigenvalue weighted by Crippen LogP contribution is 2.16. The van der Waals surface area contributed by atoms with E-state index in [2.05, 4.69) is 0 Å².